The van der Waals surface area contributed by atoms with Gasteiger partial charge < -0.3 is 4.90 Å². The Balaban J connectivity index is 3.46. The van der Waals surface area contributed by atoms with E-state index in [0.29, 0.717) is 0 Å². The van der Waals surface area contributed by atoms with Crippen molar-refractivity contribution in [2.24, 2.45) is 0 Å². The summed E-state index contributed by atoms with van der Waals surface area (Å²) >= 11 is 3.58. The first-order valence-corrected chi connectivity index (χ1v) is 3.37. The summed E-state index contributed by atoms with van der Waals surface area (Å²) in [6.45, 7) is 0.765. The number of likely N-dealkylation sites (N-methyl/N-ethyl adjacent to an activating group) is 1. The Morgan fingerprint density at radius 3 is 2.70 bits per heavy atom. The van der Waals surface area contributed by atoms with E-state index in [9.17, 15) is 4.79 Å². The second kappa shape index (κ2) is 5.32. The van der Waals surface area contributed by atoms with Crippen LogP contribution in [0.25, 0.3) is 0 Å². The van der Waals surface area contributed by atoms with Crippen LogP contribution in [0.15, 0.2) is 12.2 Å². The lowest BCUT2D eigenvalue weighted by atomic mass is 10.4. The van der Waals surface area contributed by atoms with E-state index in [2.05, 4.69) is 17.5 Å². The normalized spacial score (nSPS) is 10.8. The molecule has 0 aromatic heterocycles. The van der Waals surface area contributed by atoms with E-state index >= 15 is 0 Å². The monoisotopic (exact) mass is 160 g/mol. The molecule has 0 spiro atoms. The fraction of sp³-hybridized carbons (Fsp3) is 0.500. The molecule has 10 heavy (non-hydrogen) atoms. The number of carbonyl (C=O) groups is 1. The molecular formula is C6H12N2OS. The predicted octanol–water partition coefficient (Wildman–Crippen LogP) is 0.0652. The average molecular weight is 160 g/mol. The van der Waals surface area contributed by atoms with E-state index in [1.807, 2.05) is 19.0 Å². The van der Waals surface area contributed by atoms with Crippen molar-refractivity contribution in [3.63, 3.8) is 0 Å². The van der Waals surface area contributed by atoms with Crippen molar-refractivity contribution >= 4 is 18.7 Å². The molecule has 3 nitrogen and oxygen atoms in total. The number of thiol groups is 1. The molecule has 4 heteroatoms. The van der Waals surface area contributed by atoms with Gasteiger partial charge in [-0.2, -0.15) is 0 Å². The van der Waals surface area contributed by atoms with Crippen LogP contribution in [0.3, 0.4) is 0 Å². The number of rotatable bonds is 3. The van der Waals surface area contributed by atoms with E-state index in [0.717, 1.165) is 6.54 Å². The lowest BCUT2D eigenvalue weighted by molar-refractivity contribution is -0.114. The third-order valence-corrected chi connectivity index (χ3v) is 1.07. The van der Waals surface area contributed by atoms with Gasteiger partial charge in [0.1, 0.15) is 0 Å². The van der Waals surface area contributed by atoms with Crippen LogP contribution < -0.4 is 4.72 Å². The minimum Gasteiger partial charge on any atom is -0.306 e. The molecule has 0 aliphatic rings. The Labute approximate surface area is 66.6 Å². The third-order valence-electron chi connectivity index (χ3n) is 0.850. The Hall–Kier alpha value is -0.480. The second-order valence-electron chi connectivity index (χ2n) is 2.14. The zero-order valence-electron chi connectivity index (χ0n) is 6.16. The number of nitrogens with one attached hydrogen (secondary N) is 1. The van der Waals surface area contributed by atoms with Gasteiger partial charge in [-0.1, -0.05) is 18.9 Å². The first-order chi connectivity index (χ1) is 4.66. The second-order valence-corrected chi connectivity index (χ2v) is 2.36. The summed E-state index contributed by atoms with van der Waals surface area (Å²) in [5.41, 5.74) is 0. The highest BCUT2D eigenvalue weighted by Crippen LogP contribution is 1.78. The quantitative estimate of drug-likeness (QED) is 0.452. The van der Waals surface area contributed by atoms with E-state index < -0.39 is 0 Å². The van der Waals surface area contributed by atoms with Gasteiger partial charge in [-0.3, -0.25) is 9.52 Å². The Bertz CT molecular complexity index is 134. The highest BCUT2D eigenvalue weighted by atomic mass is 32.1. The molecule has 0 unspecified atom stereocenters. The summed E-state index contributed by atoms with van der Waals surface area (Å²) in [4.78, 5) is 12.5. The van der Waals surface area contributed by atoms with Crippen molar-refractivity contribution in [2.75, 3.05) is 20.6 Å². The zero-order chi connectivity index (χ0) is 7.98. The van der Waals surface area contributed by atoms with Crippen molar-refractivity contribution in [3.05, 3.63) is 12.2 Å². The molecule has 0 bridgehead atoms. The highest BCUT2D eigenvalue weighted by molar-refractivity contribution is 7.78. The Morgan fingerprint density at radius 2 is 2.30 bits per heavy atom. The maximum Gasteiger partial charge on any atom is 0.253 e. The molecule has 0 atom stereocenters. The minimum atomic E-state index is -0.190. The smallest absolute Gasteiger partial charge is 0.253 e. The van der Waals surface area contributed by atoms with Crippen LogP contribution in [0.5, 0.6) is 0 Å². The fourth-order valence-corrected chi connectivity index (χ4v) is 0.482. The van der Waals surface area contributed by atoms with Gasteiger partial charge in [0.15, 0.2) is 0 Å². The van der Waals surface area contributed by atoms with E-state index in [-0.39, 0.29) is 5.91 Å². The number of hydrogen-bond acceptors (Lipinski definition) is 3. The molecule has 0 radical (unpaired) electrons. The van der Waals surface area contributed by atoms with Crippen LogP contribution in [0.4, 0.5) is 0 Å². The van der Waals surface area contributed by atoms with E-state index in [1.54, 1.807) is 6.08 Å². The van der Waals surface area contributed by atoms with Crippen molar-refractivity contribution in [1.29, 1.82) is 0 Å². The van der Waals surface area contributed by atoms with Crippen molar-refractivity contribution in [3.8, 4) is 0 Å². The summed E-state index contributed by atoms with van der Waals surface area (Å²) in [5, 5.41) is 0. The summed E-state index contributed by atoms with van der Waals surface area (Å²) in [5.74, 6) is -0.190. The molecule has 0 aliphatic carbocycles. The maximum absolute atomic E-state index is 10.5. The van der Waals surface area contributed by atoms with Gasteiger partial charge in [0.25, 0.3) is 5.91 Å². The minimum absolute atomic E-state index is 0.190. The van der Waals surface area contributed by atoms with Gasteiger partial charge >= 0.3 is 0 Å². The van der Waals surface area contributed by atoms with Crippen molar-refractivity contribution < 1.29 is 4.79 Å². The summed E-state index contributed by atoms with van der Waals surface area (Å²) in [7, 11) is 3.87. The summed E-state index contributed by atoms with van der Waals surface area (Å²) < 4.78 is 2.19. The molecule has 0 saturated heterocycles. The topological polar surface area (TPSA) is 32.3 Å². The van der Waals surface area contributed by atoms with Crippen molar-refractivity contribution in [2.45, 2.75) is 0 Å². The van der Waals surface area contributed by atoms with Gasteiger partial charge in [0.2, 0.25) is 0 Å². The maximum atomic E-state index is 10.5. The van der Waals surface area contributed by atoms with Crippen LogP contribution >= 0.6 is 12.8 Å². The largest absolute Gasteiger partial charge is 0.306 e. The van der Waals surface area contributed by atoms with Gasteiger partial charge in [-0.05, 0) is 14.1 Å². The first-order valence-electron chi connectivity index (χ1n) is 2.92. The lowest BCUT2D eigenvalue weighted by Gasteiger charge is -2.02. The lowest BCUT2D eigenvalue weighted by Crippen LogP contribution is -2.13. The average Bonchev–Trinajstić information content (AvgIpc) is 1.87. The number of hydrogen-bond donors (Lipinski definition) is 2. The summed E-state index contributed by atoms with van der Waals surface area (Å²) in [6, 6.07) is 0. The molecule has 58 valence electrons. The van der Waals surface area contributed by atoms with E-state index in [1.165, 1.54) is 6.08 Å². The molecule has 0 aliphatic heterocycles. The molecule has 1 N–H and O–H groups in total. The molecule has 0 heterocycles. The van der Waals surface area contributed by atoms with Gasteiger partial charge in [0, 0.05) is 12.6 Å². The van der Waals surface area contributed by atoms with Crippen LogP contribution in [0.1, 0.15) is 0 Å². The SMILES string of the molecule is CN(C)C/C=C/C(=O)NS. The molecule has 0 aromatic carbocycles. The van der Waals surface area contributed by atoms with Crippen LogP contribution in [-0.4, -0.2) is 31.4 Å². The van der Waals surface area contributed by atoms with Crippen molar-refractivity contribution in [1.82, 2.24) is 9.62 Å². The molecule has 0 saturated carbocycles. The first kappa shape index (κ1) is 9.52. The molecular weight excluding hydrogens is 148 g/mol. The third kappa shape index (κ3) is 5.65. The molecule has 0 aromatic rings. The molecule has 1 amide bonds. The Morgan fingerprint density at radius 1 is 1.70 bits per heavy atom. The Kier molecular flexibility index (Phi) is 5.06. The van der Waals surface area contributed by atoms with E-state index in [4.69, 9.17) is 0 Å². The predicted molar refractivity (Wildman–Crippen MR) is 44.8 cm³/mol. The molecule has 0 fully saturated rings. The van der Waals surface area contributed by atoms with Crippen LogP contribution in [-0.2, 0) is 4.79 Å². The standard InChI is InChI=1S/C6H12N2OS/c1-8(2)5-3-4-6(9)7-10/h3-4,10H,5H2,1-2H3,(H,7,9)/b4-3+. The molecule has 0 rings (SSSR count). The van der Waals surface area contributed by atoms with Gasteiger partial charge in [-0.25, -0.2) is 0 Å². The van der Waals surface area contributed by atoms with Gasteiger partial charge in [-0.15, -0.1) is 0 Å². The number of nitrogens with zero attached hydrogens (tertiary/aromatic N) is 1. The number of carbonyl (C=O) groups excluding carboxylic acids is 1. The highest BCUT2D eigenvalue weighted by Gasteiger charge is 1.87. The fourth-order valence-electron chi connectivity index (χ4n) is 0.408. The number of amides is 1. The van der Waals surface area contributed by atoms with Crippen LogP contribution in [0.2, 0.25) is 0 Å². The summed E-state index contributed by atoms with van der Waals surface area (Å²) in [6.07, 6.45) is 3.22. The van der Waals surface area contributed by atoms with Crippen LogP contribution in [0, 0.1) is 0 Å². The zero-order valence-corrected chi connectivity index (χ0v) is 7.06. The van der Waals surface area contributed by atoms with Gasteiger partial charge in [0.05, 0.1) is 0 Å².